The SMILES string of the molecule is C=C1CN(c2ccc(F)cc2)C(=NC(C)=O)S1. The van der Waals surface area contributed by atoms with Crippen molar-refractivity contribution in [1.82, 2.24) is 0 Å². The molecule has 0 saturated carbocycles. The Kier molecular flexibility index (Phi) is 3.28. The number of aliphatic imine (C=N–C) groups is 1. The van der Waals surface area contributed by atoms with Gasteiger partial charge in [-0.1, -0.05) is 18.3 Å². The average molecular weight is 250 g/mol. The summed E-state index contributed by atoms with van der Waals surface area (Å²) in [5.74, 6) is -0.543. The van der Waals surface area contributed by atoms with E-state index in [1.807, 2.05) is 4.90 Å². The van der Waals surface area contributed by atoms with E-state index >= 15 is 0 Å². The highest BCUT2D eigenvalue weighted by Gasteiger charge is 2.24. The van der Waals surface area contributed by atoms with E-state index in [1.165, 1.54) is 30.8 Å². The van der Waals surface area contributed by atoms with Gasteiger partial charge < -0.3 is 4.90 Å². The zero-order valence-corrected chi connectivity index (χ0v) is 10.1. The first kappa shape index (κ1) is 11.9. The Labute approximate surface area is 103 Å². The Morgan fingerprint density at radius 1 is 1.47 bits per heavy atom. The first-order valence-corrected chi connectivity index (χ1v) is 5.86. The molecular weight excluding hydrogens is 239 g/mol. The van der Waals surface area contributed by atoms with Crippen LogP contribution in [0.25, 0.3) is 0 Å². The summed E-state index contributed by atoms with van der Waals surface area (Å²) in [5.41, 5.74) is 0.803. The summed E-state index contributed by atoms with van der Waals surface area (Å²) >= 11 is 1.37. The average Bonchev–Trinajstić information content (AvgIpc) is 2.59. The second-order valence-electron chi connectivity index (χ2n) is 3.62. The van der Waals surface area contributed by atoms with Crippen LogP contribution in [0.3, 0.4) is 0 Å². The maximum absolute atomic E-state index is 12.8. The van der Waals surface area contributed by atoms with Gasteiger partial charge in [-0.15, -0.1) is 0 Å². The summed E-state index contributed by atoms with van der Waals surface area (Å²) < 4.78 is 12.8. The molecule has 3 nitrogen and oxygen atoms in total. The van der Waals surface area contributed by atoms with Gasteiger partial charge in [0.05, 0.1) is 6.54 Å². The predicted molar refractivity (Wildman–Crippen MR) is 68.6 cm³/mol. The molecule has 1 aliphatic heterocycles. The van der Waals surface area contributed by atoms with Crippen molar-refractivity contribution in [2.75, 3.05) is 11.4 Å². The molecule has 2 rings (SSSR count). The molecule has 1 aliphatic rings. The van der Waals surface area contributed by atoms with E-state index in [0.29, 0.717) is 11.7 Å². The topological polar surface area (TPSA) is 32.7 Å². The molecule has 5 heteroatoms. The summed E-state index contributed by atoms with van der Waals surface area (Å²) in [6.07, 6.45) is 0. The van der Waals surface area contributed by atoms with E-state index in [1.54, 1.807) is 12.1 Å². The maximum atomic E-state index is 12.8. The number of halogens is 1. The van der Waals surface area contributed by atoms with Gasteiger partial charge in [-0.3, -0.25) is 4.79 Å². The van der Waals surface area contributed by atoms with E-state index in [4.69, 9.17) is 0 Å². The van der Waals surface area contributed by atoms with Crippen LogP contribution in [0.2, 0.25) is 0 Å². The Morgan fingerprint density at radius 2 is 2.12 bits per heavy atom. The highest BCUT2D eigenvalue weighted by Crippen LogP contribution is 2.32. The fourth-order valence-electron chi connectivity index (χ4n) is 1.50. The number of benzene rings is 1. The second kappa shape index (κ2) is 4.71. The van der Waals surface area contributed by atoms with Gasteiger partial charge in [-0.25, -0.2) is 4.39 Å². The van der Waals surface area contributed by atoms with E-state index in [2.05, 4.69) is 11.6 Å². The number of nitrogens with zero attached hydrogens (tertiary/aromatic N) is 2. The minimum atomic E-state index is -0.288. The van der Waals surface area contributed by atoms with E-state index in [0.717, 1.165) is 10.6 Å². The summed E-state index contributed by atoms with van der Waals surface area (Å²) in [6, 6.07) is 6.08. The summed E-state index contributed by atoms with van der Waals surface area (Å²) in [6.45, 7) is 5.85. The lowest BCUT2D eigenvalue weighted by Gasteiger charge is -2.16. The van der Waals surface area contributed by atoms with Gasteiger partial charge in [0, 0.05) is 17.5 Å². The molecule has 0 N–H and O–H groups in total. The van der Waals surface area contributed by atoms with E-state index in [-0.39, 0.29) is 11.7 Å². The summed E-state index contributed by atoms with van der Waals surface area (Å²) in [5, 5.41) is 0.592. The van der Waals surface area contributed by atoms with Crippen LogP contribution in [0.4, 0.5) is 10.1 Å². The van der Waals surface area contributed by atoms with Gasteiger partial charge in [0.25, 0.3) is 0 Å². The van der Waals surface area contributed by atoms with Crippen LogP contribution in [-0.4, -0.2) is 17.6 Å². The van der Waals surface area contributed by atoms with Crippen molar-refractivity contribution < 1.29 is 9.18 Å². The Morgan fingerprint density at radius 3 is 2.71 bits per heavy atom. The molecule has 0 unspecified atom stereocenters. The molecule has 0 bridgehead atoms. The summed E-state index contributed by atoms with van der Waals surface area (Å²) in [7, 11) is 0. The van der Waals surface area contributed by atoms with Crippen LogP contribution in [-0.2, 0) is 4.79 Å². The highest BCUT2D eigenvalue weighted by atomic mass is 32.2. The van der Waals surface area contributed by atoms with E-state index in [9.17, 15) is 9.18 Å². The lowest BCUT2D eigenvalue weighted by Crippen LogP contribution is -2.23. The van der Waals surface area contributed by atoms with Gasteiger partial charge in [-0.05, 0) is 24.3 Å². The second-order valence-corrected chi connectivity index (χ2v) is 4.76. The van der Waals surface area contributed by atoms with Gasteiger partial charge in [0.1, 0.15) is 5.82 Å². The third kappa shape index (κ3) is 2.74. The molecule has 88 valence electrons. The Hall–Kier alpha value is -1.62. The number of amidine groups is 1. The minimum Gasteiger partial charge on any atom is -0.316 e. The number of hydrogen-bond acceptors (Lipinski definition) is 2. The fraction of sp³-hybridized carbons (Fsp3) is 0.167. The molecular formula is C12H11FN2OS. The molecule has 1 amide bonds. The van der Waals surface area contributed by atoms with E-state index < -0.39 is 0 Å². The maximum Gasteiger partial charge on any atom is 0.244 e. The van der Waals surface area contributed by atoms with Gasteiger partial charge in [0.2, 0.25) is 5.91 Å². The number of carbonyl (C=O) groups is 1. The molecule has 0 spiro atoms. The minimum absolute atomic E-state index is 0.255. The number of rotatable bonds is 1. The summed E-state index contributed by atoms with van der Waals surface area (Å²) in [4.78, 5) is 17.7. The van der Waals surface area contributed by atoms with Crippen LogP contribution in [0.15, 0.2) is 40.7 Å². The van der Waals surface area contributed by atoms with Gasteiger partial charge in [-0.2, -0.15) is 4.99 Å². The first-order chi connectivity index (χ1) is 8.06. The molecule has 0 radical (unpaired) electrons. The number of thioether (sulfide) groups is 1. The lowest BCUT2D eigenvalue weighted by atomic mass is 10.3. The molecule has 0 atom stereocenters. The Bertz CT molecular complexity index is 496. The normalized spacial score (nSPS) is 17.9. The van der Waals surface area contributed by atoms with Crippen LogP contribution in [0.1, 0.15) is 6.92 Å². The van der Waals surface area contributed by atoms with Crippen LogP contribution in [0.5, 0.6) is 0 Å². The zero-order chi connectivity index (χ0) is 12.4. The van der Waals surface area contributed by atoms with Crippen LogP contribution < -0.4 is 4.90 Å². The largest absolute Gasteiger partial charge is 0.316 e. The number of carbonyl (C=O) groups excluding carboxylic acids is 1. The van der Waals surface area contributed by atoms with Crippen molar-refractivity contribution in [3.63, 3.8) is 0 Å². The number of hydrogen-bond donors (Lipinski definition) is 0. The van der Waals surface area contributed by atoms with Crippen LogP contribution in [0, 0.1) is 5.82 Å². The fourth-order valence-corrected chi connectivity index (χ4v) is 2.41. The molecule has 0 aliphatic carbocycles. The molecule has 1 fully saturated rings. The van der Waals surface area contributed by atoms with Gasteiger partial charge in [0.15, 0.2) is 5.17 Å². The third-order valence-corrected chi connectivity index (χ3v) is 3.10. The van der Waals surface area contributed by atoms with Crippen LogP contribution >= 0.6 is 11.8 Å². The predicted octanol–water partition coefficient (Wildman–Crippen LogP) is 2.80. The molecule has 1 heterocycles. The standard InChI is InChI=1S/C12H11FN2OS/c1-8-7-15(12(17-8)14-9(2)16)11-5-3-10(13)4-6-11/h3-6H,1,7H2,2H3. The highest BCUT2D eigenvalue weighted by molar-refractivity contribution is 8.18. The van der Waals surface area contributed by atoms with Crippen molar-refractivity contribution in [3.05, 3.63) is 41.6 Å². The van der Waals surface area contributed by atoms with Crippen molar-refractivity contribution in [3.8, 4) is 0 Å². The quantitative estimate of drug-likeness (QED) is 0.768. The molecule has 17 heavy (non-hydrogen) atoms. The zero-order valence-electron chi connectivity index (χ0n) is 9.31. The lowest BCUT2D eigenvalue weighted by molar-refractivity contribution is -0.115. The number of amides is 1. The number of anilines is 1. The molecule has 1 saturated heterocycles. The molecule has 1 aromatic carbocycles. The van der Waals surface area contributed by atoms with Crippen molar-refractivity contribution in [2.45, 2.75) is 6.92 Å². The van der Waals surface area contributed by atoms with Gasteiger partial charge >= 0.3 is 0 Å². The first-order valence-electron chi connectivity index (χ1n) is 5.04. The Balaban J connectivity index is 2.33. The smallest absolute Gasteiger partial charge is 0.244 e. The van der Waals surface area contributed by atoms with Crippen molar-refractivity contribution in [1.29, 1.82) is 0 Å². The third-order valence-electron chi connectivity index (χ3n) is 2.19. The monoisotopic (exact) mass is 250 g/mol. The molecule has 0 aromatic heterocycles. The van der Waals surface area contributed by atoms with Crippen molar-refractivity contribution in [2.24, 2.45) is 4.99 Å². The molecule has 1 aromatic rings. The van der Waals surface area contributed by atoms with Crippen molar-refractivity contribution >= 4 is 28.5 Å².